The van der Waals surface area contributed by atoms with E-state index in [1.54, 1.807) is 30.3 Å². The number of Topliss-reactive ketones (excluding diaryl/α,β-unsaturated/α-hetero) is 1. The molecule has 0 saturated heterocycles. The first-order chi connectivity index (χ1) is 10.8. The Morgan fingerprint density at radius 3 is 2.65 bits per heavy atom. The number of ether oxygens (including phenoxy) is 1. The van der Waals surface area contributed by atoms with E-state index in [9.17, 15) is 13.2 Å². The number of hydrogen-bond acceptors (Lipinski definition) is 5. The van der Waals surface area contributed by atoms with Gasteiger partial charge in [-0.3, -0.25) is 4.79 Å². The minimum absolute atomic E-state index is 0.0862. The number of carbonyl (C=O) groups excluding carboxylic acids is 1. The average molecular weight is 351 g/mol. The van der Waals surface area contributed by atoms with Gasteiger partial charge in [0.25, 0.3) is 0 Å². The smallest absolute Gasteiger partial charge is 0.306 e. The van der Waals surface area contributed by atoms with Crippen molar-refractivity contribution in [2.45, 2.75) is 0 Å². The Morgan fingerprint density at radius 1 is 1.17 bits per heavy atom. The van der Waals surface area contributed by atoms with E-state index in [0.717, 1.165) is 11.8 Å². The fraction of sp³-hybridized carbons (Fsp3) is 0.0625. The van der Waals surface area contributed by atoms with Crippen LogP contribution in [-0.4, -0.2) is 20.5 Å². The van der Waals surface area contributed by atoms with E-state index < -0.39 is 10.1 Å². The molecule has 2 aromatic carbocycles. The van der Waals surface area contributed by atoms with Gasteiger partial charge in [0.2, 0.25) is 5.78 Å². The predicted molar refractivity (Wildman–Crippen MR) is 86.3 cm³/mol. The minimum Gasteiger partial charge on any atom is -0.452 e. The summed E-state index contributed by atoms with van der Waals surface area (Å²) < 4.78 is 32.6. The normalized spacial score (nSPS) is 15.4. The molecule has 7 heteroatoms. The van der Waals surface area contributed by atoms with Crippen LogP contribution in [0.3, 0.4) is 0 Å². The van der Waals surface area contributed by atoms with Crippen LogP contribution in [0.25, 0.3) is 6.08 Å². The van der Waals surface area contributed by atoms with Gasteiger partial charge in [-0.25, -0.2) is 0 Å². The molecule has 23 heavy (non-hydrogen) atoms. The van der Waals surface area contributed by atoms with Gasteiger partial charge in [-0.2, -0.15) is 8.42 Å². The maximum atomic E-state index is 12.3. The fourth-order valence-corrected chi connectivity index (χ4v) is 2.79. The lowest BCUT2D eigenvalue weighted by atomic mass is 10.1. The van der Waals surface area contributed by atoms with Crippen molar-refractivity contribution in [2.75, 3.05) is 6.26 Å². The van der Waals surface area contributed by atoms with Gasteiger partial charge in [-0.1, -0.05) is 23.7 Å². The Hall–Kier alpha value is -2.31. The van der Waals surface area contributed by atoms with Crippen molar-refractivity contribution in [1.29, 1.82) is 0 Å². The molecule has 0 amide bonds. The van der Waals surface area contributed by atoms with Crippen LogP contribution in [0.4, 0.5) is 0 Å². The highest BCUT2D eigenvalue weighted by molar-refractivity contribution is 7.86. The molecule has 2 aromatic rings. The zero-order valence-corrected chi connectivity index (χ0v) is 13.5. The highest BCUT2D eigenvalue weighted by atomic mass is 35.5. The molecule has 118 valence electrons. The van der Waals surface area contributed by atoms with Crippen LogP contribution in [-0.2, 0) is 10.1 Å². The van der Waals surface area contributed by atoms with E-state index in [0.29, 0.717) is 10.6 Å². The molecule has 1 aliphatic rings. The van der Waals surface area contributed by atoms with E-state index in [4.69, 9.17) is 20.5 Å². The molecule has 0 aliphatic carbocycles. The first kappa shape index (κ1) is 15.6. The molecule has 0 fully saturated rings. The summed E-state index contributed by atoms with van der Waals surface area (Å²) in [5.41, 5.74) is 1.07. The maximum Gasteiger partial charge on any atom is 0.306 e. The lowest BCUT2D eigenvalue weighted by molar-refractivity contribution is 0.101. The maximum absolute atomic E-state index is 12.3. The van der Waals surface area contributed by atoms with Gasteiger partial charge < -0.3 is 8.92 Å². The topological polar surface area (TPSA) is 69.7 Å². The van der Waals surface area contributed by atoms with E-state index in [2.05, 4.69) is 0 Å². The van der Waals surface area contributed by atoms with Crippen molar-refractivity contribution in [3.63, 3.8) is 0 Å². The van der Waals surface area contributed by atoms with Gasteiger partial charge in [0.15, 0.2) is 5.76 Å². The number of fused-ring (bicyclic) bond motifs is 1. The van der Waals surface area contributed by atoms with Crippen LogP contribution in [0.15, 0.2) is 48.2 Å². The number of rotatable bonds is 3. The van der Waals surface area contributed by atoms with Gasteiger partial charge >= 0.3 is 10.1 Å². The first-order valence-corrected chi connectivity index (χ1v) is 8.74. The highest BCUT2D eigenvalue weighted by Gasteiger charge is 2.28. The van der Waals surface area contributed by atoms with Crippen LogP contribution in [0.5, 0.6) is 11.5 Å². The lowest BCUT2D eigenvalue weighted by Crippen LogP contribution is -2.05. The molecule has 1 heterocycles. The molecule has 0 aromatic heterocycles. The van der Waals surface area contributed by atoms with Crippen molar-refractivity contribution in [1.82, 2.24) is 0 Å². The van der Waals surface area contributed by atoms with Gasteiger partial charge in [0, 0.05) is 11.1 Å². The Morgan fingerprint density at radius 2 is 1.96 bits per heavy atom. The number of halogens is 1. The summed E-state index contributed by atoms with van der Waals surface area (Å²) in [4.78, 5) is 12.3. The van der Waals surface area contributed by atoms with E-state index in [1.165, 1.54) is 18.2 Å². The molecule has 0 spiro atoms. The SMILES string of the molecule is CS(=O)(=O)Oc1ccc2c(c1)O/C(=C\c1cccc(Cl)c1)C2=O. The molecule has 0 saturated carbocycles. The van der Waals surface area contributed by atoms with Gasteiger partial charge in [0.05, 0.1) is 11.8 Å². The monoisotopic (exact) mass is 350 g/mol. The summed E-state index contributed by atoms with van der Waals surface area (Å²) in [5.74, 6) is 0.192. The van der Waals surface area contributed by atoms with E-state index in [1.807, 2.05) is 0 Å². The number of allylic oxidation sites excluding steroid dienone is 1. The Bertz CT molecular complexity index is 931. The third-order valence-electron chi connectivity index (χ3n) is 3.04. The van der Waals surface area contributed by atoms with Crippen molar-refractivity contribution in [3.05, 3.63) is 64.4 Å². The second-order valence-corrected chi connectivity index (χ2v) is 6.95. The molecule has 0 bridgehead atoms. The summed E-state index contributed by atoms with van der Waals surface area (Å²) in [7, 11) is -3.64. The van der Waals surface area contributed by atoms with E-state index >= 15 is 0 Å². The summed E-state index contributed by atoms with van der Waals surface area (Å²) in [6, 6.07) is 11.2. The van der Waals surface area contributed by atoms with E-state index in [-0.39, 0.29) is 23.0 Å². The third-order valence-corrected chi connectivity index (χ3v) is 3.77. The summed E-state index contributed by atoms with van der Waals surface area (Å²) in [5, 5.41) is 0.547. The number of benzene rings is 2. The third kappa shape index (κ3) is 3.55. The van der Waals surface area contributed by atoms with Crippen LogP contribution >= 0.6 is 11.6 Å². The van der Waals surface area contributed by atoms with Crippen LogP contribution in [0.2, 0.25) is 5.02 Å². The molecular weight excluding hydrogens is 340 g/mol. The summed E-state index contributed by atoms with van der Waals surface area (Å²) >= 11 is 5.91. The molecule has 3 rings (SSSR count). The number of hydrogen-bond donors (Lipinski definition) is 0. The lowest BCUT2D eigenvalue weighted by Gasteiger charge is -2.04. The van der Waals surface area contributed by atoms with Crippen LogP contribution in [0.1, 0.15) is 15.9 Å². The zero-order valence-electron chi connectivity index (χ0n) is 11.9. The molecule has 0 atom stereocenters. The fourth-order valence-electron chi connectivity index (χ4n) is 2.14. The molecule has 5 nitrogen and oxygen atoms in total. The quantitative estimate of drug-likeness (QED) is 0.627. The van der Waals surface area contributed by atoms with Crippen molar-refractivity contribution < 1.29 is 22.1 Å². The van der Waals surface area contributed by atoms with Crippen molar-refractivity contribution in [3.8, 4) is 11.5 Å². The molecule has 1 aliphatic heterocycles. The zero-order chi connectivity index (χ0) is 16.6. The molecule has 0 unspecified atom stereocenters. The van der Waals surface area contributed by atoms with Crippen molar-refractivity contribution >= 4 is 33.6 Å². The Labute approximate surface area is 138 Å². The average Bonchev–Trinajstić information content (AvgIpc) is 2.73. The number of carbonyl (C=O) groups is 1. The van der Waals surface area contributed by atoms with Crippen molar-refractivity contribution in [2.24, 2.45) is 0 Å². The van der Waals surface area contributed by atoms with Gasteiger partial charge in [-0.15, -0.1) is 0 Å². The summed E-state index contributed by atoms with van der Waals surface area (Å²) in [6.07, 6.45) is 2.52. The molecule has 0 radical (unpaired) electrons. The Balaban J connectivity index is 1.92. The standard InChI is InChI=1S/C16H11ClO5S/c1-23(19,20)22-12-5-6-13-14(9-12)21-15(16(13)18)8-10-3-2-4-11(17)7-10/h2-9H,1H3/b15-8-. The van der Waals surface area contributed by atoms with Gasteiger partial charge in [-0.05, 0) is 35.9 Å². The van der Waals surface area contributed by atoms with Gasteiger partial charge in [0.1, 0.15) is 11.5 Å². The van der Waals surface area contributed by atoms with Crippen LogP contribution in [0, 0.1) is 0 Å². The summed E-state index contributed by atoms with van der Waals surface area (Å²) in [6.45, 7) is 0. The molecule has 0 N–H and O–H groups in total. The highest BCUT2D eigenvalue weighted by Crippen LogP contribution is 2.35. The predicted octanol–water partition coefficient (Wildman–Crippen LogP) is 3.29. The second kappa shape index (κ2) is 5.72. The Kier molecular flexibility index (Phi) is 3.87. The minimum atomic E-state index is -3.64. The largest absolute Gasteiger partial charge is 0.452 e. The first-order valence-electron chi connectivity index (χ1n) is 6.55. The molecular formula is C16H11ClO5S. The second-order valence-electron chi connectivity index (χ2n) is 4.94. The number of ketones is 1. The van der Waals surface area contributed by atoms with Crippen LogP contribution < -0.4 is 8.92 Å².